The standard InChI is InChI=1S/C15H21F2NO/c1-18(13-4-6-14(19)7-5-13)9-8-11-2-3-12(16)10-15(11)17/h2-3,10,13-14,19H,4-9H2,1H3. The van der Waals surface area contributed by atoms with Gasteiger partial charge in [0.1, 0.15) is 11.6 Å². The van der Waals surface area contributed by atoms with Crippen LogP contribution < -0.4 is 0 Å². The molecule has 2 nitrogen and oxygen atoms in total. The van der Waals surface area contributed by atoms with Crippen LogP contribution in [0.4, 0.5) is 8.78 Å². The van der Waals surface area contributed by atoms with E-state index < -0.39 is 11.6 Å². The third-order valence-electron chi connectivity index (χ3n) is 4.04. The van der Waals surface area contributed by atoms with E-state index in [2.05, 4.69) is 4.90 Å². The molecule has 106 valence electrons. The van der Waals surface area contributed by atoms with E-state index in [1.807, 2.05) is 7.05 Å². The lowest BCUT2D eigenvalue weighted by Crippen LogP contribution is -2.37. The second-order valence-electron chi connectivity index (χ2n) is 5.43. The first-order valence-electron chi connectivity index (χ1n) is 6.88. The van der Waals surface area contributed by atoms with Gasteiger partial charge in [-0.1, -0.05) is 6.07 Å². The number of aliphatic hydroxyl groups excluding tert-OH is 1. The number of benzene rings is 1. The van der Waals surface area contributed by atoms with Crippen molar-refractivity contribution >= 4 is 0 Å². The highest BCUT2D eigenvalue weighted by molar-refractivity contribution is 5.18. The van der Waals surface area contributed by atoms with Gasteiger partial charge in [0.25, 0.3) is 0 Å². The monoisotopic (exact) mass is 269 g/mol. The minimum absolute atomic E-state index is 0.154. The van der Waals surface area contributed by atoms with E-state index in [1.165, 1.54) is 12.1 Å². The Hall–Kier alpha value is -1.00. The molecule has 0 unspecified atom stereocenters. The van der Waals surface area contributed by atoms with Crippen molar-refractivity contribution in [1.29, 1.82) is 0 Å². The summed E-state index contributed by atoms with van der Waals surface area (Å²) >= 11 is 0. The fourth-order valence-corrected chi connectivity index (χ4v) is 2.70. The molecule has 0 heterocycles. The molecular weight excluding hydrogens is 248 g/mol. The molecule has 1 N–H and O–H groups in total. The molecule has 0 bridgehead atoms. The smallest absolute Gasteiger partial charge is 0.129 e. The van der Waals surface area contributed by atoms with E-state index in [-0.39, 0.29) is 6.10 Å². The average Bonchev–Trinajstić information content (AvgIpc) is 2.38. The largest absolute Gasteiger partial charge is 0.393 e. The molecule has 0 spiro atoms. The minimum atomic E-state index is -0.532. The summed E-state index contributed by atoms with van der Waals surface area (Å²) in [4.78, 5) is 2.22. The summed E-state index contributed by atoms with van der Waals surface area (Å²) in [6, 6.07) is 4.22. The van der Waals surface area contributed by atoms with Crippen LogP contribution in [0.3, 0.4) is 0 Å². The lowest BCUT2D eigenvalue weighted by Gasteiger charge is -2.33. The van der Waals surface area contributed by atoms with Crippen LogP contribution in [-0.4, -0.2) is 35.7 Å². The maximum atomic E-state index is 13.5. The van der Waals surface area contributed by atoms with Gasteiger partial charge in [-0.2, -0.15) is 0 Å². The van der Waals surface area contributed by atoms with Gasteiger partial charge >= 0.3 is 0 Å². The van der Waals surface area contributed by atoms with Crippen molar-refractivity contribution in [2.24, 2.45) is 0 Å². The molecule has 1 aromatic rings. The molecule has 2 rings (SSSR count). The third-order valence-corrected chi connectivity index (χ3v) is 4.04. The van der Waals surface area contributed by atoms with Crippen LogP contribution >= 0.6 is 0 Å². The van der Waals surface area contributed by atoms with Gasteiger partial charge in [0, 0.05) is 18.7 Å². The maximum absolute atomic E-state index is 13.5. The Morgan fingerprint density at radius 1 is 1.21 bits per heavy atom. The van der Waals surface area contributed by atoms with Crippen molar-refractivity contribution in [2.45, 2.75) is 44.2 Å². The highest BCUT2D eigenvalue weighted by Gasteiger charge is 2.22. The maximum Gasteiger partial charge on any atom is 0.129 e. The molecule has 1 saturated carbocycles. The van der Waals surface area contributed by atoms with Crippen LogP contribution in [0.1, 0.15) is 31.2 Å². The summed E-state index contributed by atoms with van der Waals surface area (Å²) < 4.78 is 26.3. The molecule has 0 aliphatic heterocycles. The Morgan fingerprint density at radius 3 is 2.53 bits per heavy atom. The topological polar surface area (TPSA) is 23.5 Å². The first-order chi connectivity index (χ1) is 9.06. The molecule has 1 aromatic carbocycles. The van der Waals surface area contributed by atoms with Gasteiger partial charge in [-0.15, -0.1) is 0 Å². The molecule has 1 aliphatic carbocycles. The van der Waals surface area contributed by atoms with Crippen molar-refractivity contribution in [2.75, 3.05) is 13.6 Å². The highest BCUT2D eigenvalue weighted by Crippen LogP contribution is 2.22. The summed E-state index contributed by atoms with van der Waals surface area (Å²) in [6.45, 7) is 0.753. The number of halogens is 2. The van der Waals surface area contributed by atoms with Crippen molar-refractivity contribution < 1.29 is 13.9 Å². The quantitative estimate of drug-likeness (QED) is 0.908. The fraction of sp³-hybridized carbons (Fsp3) is 0.600. The van der Waals surface area contributed by atoms with E-state index in [1.54, 1.807) is 0 Å². The Kier molecular flexibility index (Phi) is 4.88. The van der Waals surface area contributed by atoms with E-state index in [4.69, 9.17) is 0 Å². The number of rotatable bonds is 4. The lowest BCUT2D eigenvalue weighted by molar-refractivity contribution is 0.0846. The molecule has 1 aliphatic rings. The molecule has 1 fully saturated rings. The van der Waals surface area contributed by atoms with Gasteiger partial charge in [0.05, 0.1) is 6.10 Å². The van der Waals surface area contributed by atoms with Crippen molar-refractivity contribution in [3.63, 3.8) is 0 Å². The third kappa shape index (κ3) is 3.98. The number of aliphatic hydroxyl groups is 1. The van der Waals surface area contributed by atoms with Crippen LogP contribution in [0.5, 0.6) is 0 Å². The Labute approximate surface area is 113 Å². The summed E-state index contributed by atoms with van der Waals surface area (Å²) in [6.07, 6.45) is 4.11. The van der Waals surface area contributed by atoms with E-state index in [0.717, 1.165) is 38.3 Å². The number of nitrogens with zero attached hydrogens (tertiary/aromatic N) is 1. The molecule has 0 atom stereocenters. The van der Waals surface area contributed by atoms with Gasteiger partial charge in [-0.3, -0.25) is 0 Å². The van der Waals surface area contributed by atoms with Crippen LogP contribution in [-0.2, 0) is 6.42 Å². The van der Waals surface area contributed by atoms with Gasteiger partial charge in [0.15, 0.2) is 0 Å². The van der Waals surface area contributed by atoms with E-state index in [0.29, 0.717) is 18.0 Å². The van der Waals surface area contributed by atoms with Gasteiger partial charge in [0.2, 0.25) is 0 Å². The first-order valence-corrected chi connectivity index (χ1v) is 6.88. The predicted molar refractivity (Wildman–Crippen MR) is 71.0 cm³/mol. The Balaban J connectivity index is 1.84. The Morgan fingerprint density at radius 2 is 1.89 bits per heavy atom. The van der Waals surface area contributed by atoms with E-state index >= 15 is 0 Å². The van der Waals surface area contributed by atoms with Crippen LogP contribution in [0, 0.1) is 11.6 Å². The number of hydrogen-bond acceptors (Lipinski definition) is 2. The van der Waals surface area contributed by atoms with Gasteiger partial charge in [-0.25, -0.2) is 8.78 Å². The molecule has 19 heavy (non-hydrogen) atoms. The molecular formula is C15H21F2NO. The summed E-state index contributed by atoms with van der Waals surface area (Å²) in [5, 5.41) is 9.48. The zero-order valence-corrected chi connectivity index (χ0v) is 11.3. The molecule has 0 aromatic heterocycles. The van der Waals surface area contributed by atoms with Crippen LogP contribution in [0.2, 0.25) is 0 Å². The number of likely N-dealkylation sites (N-methyl/N-ethyl adjacent to an activating group) is 1. The average molecular weight is 269 g/mol. The zero-order valence-electron chi connectivity index (χ0n) is 11.3. The zero-order chi connectivity index (χ0) is 13.8. The fourth-order valence-electron chi connectivity index (χ4n) is 2.70. The SMILES string of the molecule is CN(CCc1ccc(F)cc1F)C1CCC(O)CC1. The first kappa shape index (κ1) is 14.4. The van der Waals surface area contributed by atoms with Crippen LogP contribution in [0.25, 0.3) is 0 Å². The summed E-state index contributed by atoms with van der Waals surface area (Å²) in [5.41, 5.74) is 0.559. The van der Waals surface area contributed by atoms with Crippen molar-refractivity contribution in [3.8, 4) is 0 Å². The predicted octanol–water partition coefficient (Wildman–Crippen LogP) is 2.74. The second-order valence-corrected chi connectivity index (χ2v) is 5.43. The molecule has 4 heteroatoms. The normalized spacial score (nSPS) is 23.8. The van der Waals surface area contributed by atoms with Crippen LogP contribution in [0.15, 0.2) is 18.2 Å². The Bertz CT molecular complexity index is 417. The van der Waals surface area contributed by atoms with Gasteiger partial charge in [-0.05, 0) is 50.8 Å². The highest BCUT2D eigenvalue weighted by atomic mass is 19.1. The molecule has 0 amide bonds. The van der Waals surface area contributed by atoms with Gasteiger partial charge < -0.3 is 10.0 Å². The lowest BCUT2D eigenvalue weighted by atomic mass is 9.92. The second kappa shape index (κ2) is 6.44. The number of hydrogen-bond donors (Lipinski definition) is 1. The minimum Gasteiger partial charge on any atom is -0.393 e. The van der Waals surface area contributed by atoms with Crippen molar-refractivity contribution in [1.82, 2.24) is 4.90 Å². The van der Waals surface area contributed by atoms with E-state index in [9.17, 15) is 13.9 Å². The van der Waals surface area contributed by atoms with Crippen molar-refractivity contribution in [3.05, 3.63) is 35.4 Å². The molecule has 0 radical (unpaired) electrons. The summed E-state index contributed by atoms with van der Waals surface area (Å²) in [7, 11) is 2.03. The summed E-state index contributed by atoms with van der Waals surface area (Å²) in [5.74, 6) is -0.997. The molecule has 0 saturated heterocycles.